The molecule has 1 N–H and O–H groups in total. The van der Waals surface area contributed by atoms with Crippen LogP contribution in [0.15, 0.2) is 42.5 Å². The van der Waals surface area contributed by atoms with E-state index in [1.54, 1.807) is 49.5 Å². The van der Waals surface area contributed by atoms with Crippen molar-refractivity contribution >= 4 is 57.6 Å². The summed E-state index contributed by atoms with van der Waals surface area (Å²) in [4.78, 5) is 25.1. The number of halogens is 2. The smallest absolute Gasteiger partial charge is 0.413 e. The van der Waals surface area contributed by atoms with Gasteiger partial charge in [0.1, 0.15) is 0 Å². The van der Waals surface area contributed by atoms with Gasteiger partial charge in [0.2, 0.25) is 0 Å². The third-order valence-corrected chi connectivity index (χ3v) is 4.26. The summed E-state index contributed by atoms with van der Waals surface area (Å²) in [5.74, 6) is -0.222. The molecule has 0 bridgehead atoms. The van der Waals surface area contributed by atoms with Crippen LogP contribution in [-0.4, -0.2) is 26.2 Å². The predicted molar refractivity (Wildman–Crippen MR) is 99.4 cm³/mol. The van der Waals surface area contributed by atoms with E-state index < -0.39 is 6.09 Å². The minimum absolute atomic E-state index is 0.222. The molecule has 0 aliphatic heterocycles. The van der Waals surface area contributed by atoms with Crippen molar-refractivity contribution in [1.29, 1.82) is 0 Å². The molecule has 0 heterocycles. The van der Waals surface area contributed by atoms with Gasteiger partial charge in [-0.3, -0.25) is 9.69 Å². The van der Waals surface area contributed by atoms with Crippen molar-refractivity contribution < 1.29 is 14.3 Å². The lowest BCUT2D eigenvalue weighted by Crippen LogP contribution is -2.25. The minimum atomic E-state index is -0.461. The summed E-state index contributed by atoms with van der Waals surface area (Å²) in [5, 5.41) is 3.39. The van der Waals surface area contributed by atoms with Gasteiger partial charge in [-0.15, -0.1) is 0 Å². The Morgan fingerprint density at radius 2 is 1.83 bits per heavy atom. The molecule has 0 aliphatic rings. The zero-order valence-electron chi connectivity index (χ0n) is 12.5. The highest BCUT2D eigenvalue weighted by molar-refractivity contribution is 14.1. The first kappa shape index (κ1) is 17.6. The topological polar surface area (TPSA) is 58.6 Å². The highest BCUT2D eigenvalue weighted by Gasteiger charge is 2.12. The normalized spacial score (nSPS) is 10.1. The molecule has 0 atom stereocenters. The van der Waals surface area contributed by atoms with Crippen LogP contribution < -0.4 is 10.2 Å². The van der Waals surface area contributed by atoms with Gasteiger partial charge in [-0.05, 0) is 65.1 Å². The predicted octanol–water partition coefficient (Wildman–Crippen LogP) is 4.40. The van der Waals surface area contributed by atoms with E-state index in [9.17, 15) is 9.59 Å². The van der Waals surface area contributed by atoms with Gasteiger partial charge in [-0.1, -0.05) is 11.6 Å². The van der Waals surface area contributed by atoms with Crippen LogP contribution in [0.1, 0.15) is 10.4 Å². The number of amides is 2. The number of anilines is 2. The summed E-state index contributed by atoms with van der Waals surface area (Å²) >= 11 is 7.95. The standard InChI is InChI=1S/C16H14ClIN2O3/c1-20(16(22)23-2)12-6-4-11(5-7-12)19-15(21)13-8-3-10(17)9-14(13)18/h3-9H,1-2H3,(H,19,21). The van der Waals surface area contributed by atoms with Crippen molar-refractivity contribution in [3.63, 3.8) is 0 Å². The Morgan fingerprint density at radius 3 is 2.39 bits per heavy atom. The SMILES string of the molecule is COC(=O)N(C)c1ccc(NC(=O)c2ccc(Cl)cc2I)cc1. The van der Waals surface area contributed by atoms with Crippen LogP contribution in [0.25, 0.3) is 0 Å². The van der Waals surface area contributed by atoms with Gasteiger partial charge in [0, 0.05) is 27.0 Å². The Hall–Kier alpha value is -1.80. The summed E-state index contributed by atoms with van der Waals surface area (Å²) in [7, 11) is 2.93. The first-order valence-electron chi connectivity index (χ1n) is 6.60. The summed E-state index contributed by atoms with van der Waals surface area (Å²) < 4.78 is 5.42. The molecular formula is C16H14ClIN2O3. The van der Waals surface area contributed by atoms with Crippen LogP contribution in [0.2, 0.25) is 5.02 Å². The molecule has 2 aromatic carbocycles. The second-order valence-corrected chi connectivity index (χ2v) is 6.25. The van der Waals surface area contributed by atoms with Crippen molar-refractivity contribution in [2.24, 2.45) is 0 Å². The highest BCUT2D eigenvalue weighted by atomic mass is 127. The molecule has 23 heavy (non-hydrogen) atoms. The Labute approximate surface area is 152 Å². The number of carbonyl (C=O) groups is 2. The first-order chi connectivity index (χ1) is 10.9. The molecule has 0 saturated heterocycles. The molecule has 0 fully saturated rings. The lowest BCUT2D eigenvalue weighted by Gasteiger charge is -2.16. The maximum Gasteiger partial charge on any atom is 0.413 e. The summed E-state index contributed by atoms with van der Waals surface area (Å²) in [6.45, 7) is 0. The van der Waals surface area contributed by atoms with Crippen LogP contribution in [0.5, 0.6) is 0 Å². The molecule has 0 radical (unpaired) electrons. The molecule has 0 spiro atoms. The molecule has 7 heteroatoms. The Kier molecular flexibility index (Phi) is 5.84. The number of methoxy groups -OCH3 is 1. The zero-order chi connectivity index (χ0) is 17.0. The zero-order valence-corrected chi connectivity index (χ0v) is 15.4. The van der Waals surface area contributed by atoms with Gasteiger partial charge in [0.15, 0.2) is 0 Å². The molecule has 2 amide bonds. The van der Waals surface area contributed by atoms with E-state index in [-0.39, 0.29) is 5.91 Å². The second kappa shape index (κ2) is 7.65. The van der Waals surface area contributed by atoms with Gasteiger partial charge in [-0.2, -0.15) is 0 Å². The molecule has 2 rings (SSSR count). The van der Waals surface area contributed by atoms with Crippen LogP contribution in [0.3, 0.4) is 0 Å². The summed E-state index contributed by atoms with van der Waals surface area (Å²) in [5.41, 5.74) is 1.84. The number of nitrogens with one attached hydrogen (secondary N) is 1. The molecule has 0 saturated carbocycles. The van der Waals surface area contributed by atoms with Crippen LogP contribution in [0, 0.1) is 3.57 Å². The van der Waals surface area contributed by atoms with Crippen molar-refractivity contribution in [3.05, 3.63) is 56.6 Å². The average Bonchev–Trinajstić information content (AvgIpc) is 2.54. The van der Waals surface area contributed by atoms with E-state index >= 15 is 0 Å². The number of benzene rings is 2. The maximum atomic E-state index is 12.3. The first-order valence-corrected chi connectivity index (χ1v) is 8.06. The Morgan fingerprint density at radius 1 is 1.17 bits per heavy atom. The number of hydrogen-bond donors (Lipinski definition) is 1. The summed E-state index contributed by atoms with van der Waals surface area (Å²) in [6.07, 6.45) is -0.461. The van der Waals surface area contributed by atoms with Crippen LogP contribution in [0.4, 0.5) is 16.2 Å². The number of ether oxygens (including phenoxy) is 1. The second-order valence-electron chi connectivity index (χ2n) is 4.65. The molecular weight excluding hydrogens is 431 g/mol. The van der Waals surface area contributed by atoms with E-state index in [4.69, 9.17) is 11.6 Å². The number of carbonyl (C=O) groups excluding carboxylic acids is 2. The fraction of sp³-hybridized carbons (Fsp3) is 0.125. The van der Waals surface area contributed by atoms with Crippen molar-refractivity contribution in [2.45, 2.75) is 0 Å². The molecule has 5 nitrogen and oxygen atoms in total. The lowest BCUT2D eigenvalue weighted by atomic mass is 10.2. The molecule has 2 aromatic rings. The monoisotopic (exact) mass is 444 g/mol. The molecule has 0 aromatic heterocycles. The van der Waals surface area contributed by atoms with Crippen LogP contribution in [-0.2, 0) is 4.74 Å². The average molecular weight is 445 g/mol. The molecule has 0 aliphatic carbocycles. The van der Waals surface area contributed by atoms with Gasteiger partial charge in [-0.25, -0.2) is 4.79 Å². The fourth-order valence-corrected chi connectivity index (χ4v) is 3.00. The van der Waals surface area contributed by atoms with E-state index in [2.05, 4.69) is 32.6 Å². The van der Waals surface area contributed by atoms with E-state index in [1.807, 2.05) is 0 Å². The Balaban J connectivity index is 2.11. The number of rotatable bonds is 3. The highest BCUT2D eigenvalue weighted by Crippen LogP contribution is 2.21. The van der Waals surface area contributed by atoms with E-state index in [0.717, 1.165) is 3.57 Å². The lowest BCUT2D eigenvalue weighted by molar-refractivity contribution is 0.102. The van der Waals surface area contributed by atoms with E-state index in [0.29, 0.717) is 22.0 Å². The van der Waals surface area contributed by atoms with Crippen molar-refractivity contribution in [2.75, 3.05) is 24.4 Å². The Bertz CT molecular complexity index is 735. The maximum absolute atomic E-state index is 12.3. The molecule has 120 valence electrons. The number of hydrogen-bond acceptors (Lipinski definition) is 3. The largest absolute Gasteiger partial charge is 0.452 e. The van der Waals surface area contributed by atoms with Crippen molar-refractivity contribution in [3.8, 4) is 0 Å². The van der Waals surface area contributed by atoms with Crippen LogP contribution >= 0.6 is 34.2 Å². The van der Waals surface area contributed by atoms with Gasteiger partial charge in [0.05, 0.1) is 12.7 Å². The minimum Gasteiger partial charge on any atom is -0.452 e. The van der Waals surface area contributed by atoms with Gasteiger partial charge < -0.3 is 10.1 Å². The van der Waals surface area contributed by atoms with Gasteiger partial charge >= 0.3 is 6.09 Å². The van der Waals surface area contributed by atoms with E-state index in [1.165, 1.54) is 12.0 Å². The summed E-state index contributed by atoms with van der Waals surface area (Å²) in [6, 6.07) is 12.0. The van der Waals surface area contributed by atoms with Gasteiger partial charge in [0.25, 0.3) is 5.91 Å². The molecule has 0 unspecified atom stereocenters. The third-order valence-electron chi connectivity index (χ3n) is 3.14. The fourth-order valence-electron chi connectivity index (χ4n) is 1.88. The van der Waals surface area contributed by atoms with Crippen molar-refractivity contribution in [1.82, 2.24) is 0 Å². The third kappa shape index (κ3) is 4.35. The quantitative estimate of drug-likeness (QED) is 0.714. The number of nitrogens with zero attached hydrogens (tertiary/aromatic N) is 1.